The van der Waals surface area contributed by atoms with Crippen LogP contribution in [0.3, 0.4) is 0 Å². The van der Waals surface area contributed by atoms with Crippen molar-refractivity contribution < 1.29 is 55.1 Å². The number of phenolic OH excluding ortho intramolecular Hbond substituents is 1. The van der Waals surface area contributed by atoms with E-state index in [-0.39, 0.29) is 31.2 Å². The van der Waals surface area contributed by atoms with Crippen molar-refractivity contribution in [2.75, 3.05) is 11.5 Å². The largest absolute Gasteiger partial charge is 0.507 e. The summed E-state index contributed by atoms with van der Waals surface area (Å²) in [7, 11) is -4.64. The first-order valence-corrected chi connectivity index (χ1v) is 23.5. The number of alkyl halides is 6. The molecule has 0 unspecified atom stereocenters. The summed E-state index contributed by atoms with van der Waals surface area (Å²) < 4.78 is 98.2. The molecule has 3 aliphatic rings. The van der Waals surface area contributed by atoms with Gasteiger partial charge in [0.15, 0.2) is 0 Å². The molecule has 4 atom stereocenters. The molecule has 2 amide bonds. The summed E-state index contributed by atoms with van der Waals surface area (Å²) in [4.78, 5) is 29.6. The lowest BCUT2D eigenvalue weighted by molar-refractivity contribution is -0.143. The molecule has 7 nitrogen and oxygen atoms in total. The summed E-state index contributed by atoms with van der Waals surface area (Å²) in [6.45, 7) is 8.22. The molecule has 5 aromatic carbocycles. The lowest BCUT2D eigenvalue weighted by atomic mass is 9.58. The molecule has 8 rings (SSSR count). The minimum absolute atomic E-state index is 0.0319. The zero-order valence-corrected chi connectivity index (χ0v) is 37.2. The Bertz CT molecular complexity index is 2610. The maximum Gasteiger partial charge on any atom is 0.455 e. The molecule has 15 heteroatoms. The quantitative estimate of drug-likeness (QED) is 0.0627. The molecule has 0 spiro atoms. The van der Waals surface area contributed by atoms with Crippen molar-refractivity contribution >= 4 is 60.2 Å². The number of amides is 2. The van der Waals surface area contributed by atoms with Crippen molar-refractivity contribution in [3.63, 3.8) is 0 Å². The SMILES string of the molecule is C/C(=C\c1ccc(O)c2ccccc12)CC[C@H]1OB(O)C[C@H]2C1=C(CO[Si](c1ccccc1)(c1ccccc1)C(C)(C)C)C[C@H]1C(=O)N(c3cc(C(F)(F)F)cc(C(F)(F)F)c3)C(=O)[C@H]12. The summed E-state index contributed by atoms with van der Waals surface area (Å²) >= 11 is 0. The Labute approximate surface area is 374 Å². The van der Waals surface area contributed by atoms with Gasteiger partial charge in [-0.2, -0.15) is 26.3 Å². The fourth-order valence-corrected chi connectivity index (χ4v) is 14.9. The van der Waals surface area contributed by atoms with E-state index in [4.69, 9.17) is 9.08 Å². The first-order chi connectivity index (χ1) is 30.7. The Morgan fingerprint density at radius 1 is 0.800 bits per heavy atom. The average molecular weight is 912 g/mol. The molecule has 338 valence electrons. The third-order valence-corrected chi connectivity index (χ3v) is 18.1. The monoisotopic (exact) mass is 911 g/mol. The Kier molecular flexibility index (Phi) is 12.3. The second-order valence-electron chi connectivity index (χ2n) is 18.3. The molecule has 5 aromatic rings. The lowest BCUT2D eigenvalue weighted by Crippen LogP contribution is -2.66. The maximum absolute atomic E-state index is 14.6. The molecule has 0 aromatic heterocycles. The van der Waals surface area contributed by atoms with Crippen LogP contribution in [0.5, 0.6) is 5.75 Å². The maximum atomic E-state index is 14.6. The van der Waals surface area contributed by atoms with Gasteiger partial charge in [-0.05, 0) is 100 Å². The molecule has 2 saturated heterocycles. The van der Waals surface area contributed by atoms with Crippen LogP contribution in [0.15, 0.2) is 132 Å². The van der Waals surface area contributed by atoms with Gasteiger partial charge < -0.3 is 19.2 Å². The number of phenols is 1. The van der Waals surface area contributed by atoms with Gasteiger partial charge in [0.1, 0.15) is 5.75 Å². The van der Waals surface area contributed by atoms with Crippen molar-refractivity contribution in [1.82, 2.24) is 0 Å². The summed E-state index contributed by atoms with van der Waals surface area (Å²) in [5.41, 5.74) is -1.05. The van der Waals surface area contributed by atoms with E-state index in [0.29, 0.717) is 46.4 Å². The number of aromatic hydroxyl groups is 1. The van der Waals surface area contributed by atoms with Crippen LogP contribution < -0.4 is 15.3 Å². The summed E-state index contributed by atoms with van der Waals surface area (Å²) in [6, 6.07) is 31.4. The number of imide groups is 1. The third-order valence-electron chi connectivity index (χ3n) is 13.2. The molecule has 2 aliphatic heterocycles. The van der Waals surface area contributed by atoms with Crippen LogP contribution in [0.25, 0.3) is 16.8 Å². The van der Waals surface area contributed by atoms with Crippen LogP contribution in [-0.2, 0) is 31.0 Å². The predicted octanol–water partition coefficient (Wildman–Crippen LogP) is 10.3. The van der Waals surface area contributed by atoms with Gasteiger partial charge in [-0.1, -0.05) is 123 Å². The van der Waals surface area contributed by atoms with Gasteiger partial charge in [0, 0.05) is 5.39 Å². The highest BCUT2D eigenvalue weighted by Crippen LogP contribution is 2.53. The summed E-state index contributed by atoms with van der Waals surface area (Å²) in [6.07, 6.45) is -8.69. The number of nitrogens with zero attached hydrogens (tertiary/aromatic N) is 1. The average Bonchev–Trinajstić information content (AvgIpc) is 3.51. The summed E-state index contributed by atoms with van der Waals surface area (Å²) in [5, 5.41) is 24.9. The molecular weight excluding hydrogens is 863 g/mol. The Morgan fingerprint density at radius 3 is 1.94 bits per heavy atom. The minimum atomic E-state index is -5.21. The smallest absolute Gasteiger partial charge is 0.455 e. The molecule has 2 fully saturated rings. The third kappa shape index (κ3) is 8.71. The molecule has 65 heavy (non-hydrogen) atoms. The standard InChI is InChI=1S/C50H48BF6NO6Si/c1-30(23-31-20-21-42(59)39-18-12-11-17-38(31)39)19-22-43-44-32(29-63-65(48(2,3)4,36-13-7-5-8-14-36)37-15-9-6-10-16-37)24-40-45(41(44)28-51(62)64-43)47(61)58(46(40)60)35-26-33(49(52,53)54)25-34(27-35)50(55,56)57/h5-18,20-21,23,25-27,40-41,43,45,59,62H,19,22,24,28-29H2,1-4H3/b30-23+/t40-,41+,43-,45-/m1/s1. The second-order valence-corrected chi connectivity index (χ2v) is 22.6. The molecule has 2 heterocycles. The number of hydrogen-bond donors (Lipinski definition) is 2. The fraction of sp³-hybridized carbons (Fsp3) is 0.320. The van der Waals surface area contributed by atoms with Crippen molar-refractivity contribution in [3.8, 4) is 5.75 Å². The van der Waals surface area contributed by atoms with Crippen molar-refractivity contribution in [1.29, 1.82) is 0 Å². The zero-order valence-electron chi connectivity index (χ0n) is 36.2. The van der Waals surface area contributed by atoms with Crippen LogP contribution >= 0.6 is 0 Å². The Hall–Kier alpha value is -5.48. The Morgan fingerprint density at radius 2 is 1.37 bits per heavy atom. The normalized spacial score (nSPS) is 21.0. The first kappa shape index (κ1) is 46.1. The number of halogens is 6. The van der Waals surface area contributed by atoms with E-state index >= 15 is 0 Å². The zero-order chi connectivity index (χ0) is 46.6. The molecule has 0 bridgehead atoms. The molecule has 1 aliphatic carbocycles. The van der Waals surface area contributed by atoms with Crippen LogP contribution in [0.4, 0.5) is 32.0 Å². The van der Waals surface area contributed by atoms with Gasteiger partial charge in [-0.25, -0.2) is 4.90 Å². The van der Waals surface area contributed by atoms with Crippen LogP contribution in [0.2, 0.25) is 11.4 Å². The van der Waals surface area contributed by atoms with Crippen LogP contribution in [0.1, 0.15) is 63.6 Å². The fourth-order valence-electron chi connectivity index (χ4n) is 10.3. The van der Waals surface area contributed by atoms with Crippen molar-refractivity contribution in [2.45, 2.75) is 76.8 Å². The van der Waals surface area contributed by atoms with E-state index in [2.05, 4.69) is 20.8 Å². The highest BCUT2D eigenvalue weighted by atomic mass is 28.4. The molecular formula is C50H48BF6NO6Si. The van der Waals surface area contributed by atoms with E-state index in [1.165, 1.54) is 0 Å². The van der Waals surface area contributed by atoms with E-state index in [9.17, 15) is 46.1 Å². The number of benzene rings is 5. The van der Waals surface area contributed by atoms with Gasteiger partial charge in [0.2, 0.25) is 11.8 Å². The van der Waals surface area contributed by atoms with Gasteiger partial charge in [-0.15, -0.1) is 0 Å². The van der Waals surface area contributed by atoms with Gasteiger partial charge in [-0.3, -0.25) is 9.59 Å². The second kappa shape index (κ2) is 17.4. The minimum Gasteiger partial charge on any atom is -0.507 e. The van der Waals surface area contributed by atoms with Gasteiger partial charge >= 0.3 is 19.5 Å². The molecule has 2 N–H and O–H groups in total. The van der Waals surface area contributed by atoms with E-state index in [1.54, 1.807) is 6.07 Å². The number of fused-ring (bicyclic) bond motifs is 4. The number of carbonyl (C=O) groups is 2. The van der Waals surface area contributed by atoms with E-state index in [1.807, 2.05) is 104 Å². The van der Waals surface area contributed by atoms with Gasteiger partial charge in [0.05, 0.1) is 41.4 Å². The van der Waals surface area contributed by atoms with E-state index < -0.39 is 85.3 Å². The number of carbonyl (C=O) groups excluding carboxylic acids is 2. The first-order valence-electron chi connectivity index (χ1n) is 21.5. The number of allylic oxidation sites excluding steroid dienone is 1. The van der Waals surface area contributed by atoms with Crippen molar-refractivity contribution in [2.24, 2.45) is 17.8 Å². The van der Waals surface area contributed by atoms with E-state index in [0.717, 1.165) is 26.9 Å². The highest BCUT2D eigenvalue weighted by Gasteiger charge is 2.59. The van der Waals surface area contributed by atoms with Gasteiger partial charge in [0.25, 0.3) is 8.32 Å². The number of anilines is 1. The van der Waals surface area contributed by atoms with Crippen LogP contribution in [0, 0.1) is 17.8 Å². The van der Waals surface area contributed by atoms with Crippen molar-refractivity contribution in [3.05, 3.63) is 149 Å². The molecule has 0 saturated carbocycles. The highest BCUT2D eigenvalue weighted by molar-refractivity contribution is 6.99. The lowest BCUT2D eigenvalue weighted by Gasteiger charge is -2.46. The molecule has 0 radical (unpaired) electrons. The number of hydrogen-bond acceptors (Lipinski definition) is 6. The Balaban J connectivity index is 1.22. The van der Waals surface area contributed by atoms with Crippen LogP contribution in [-0.4, -0.2) is 50.1 Å². The predicted molar refractivity (Wildman–Crippen MR) is 241 cm³/mol. The topological polar surface area (TPSA) is 96.3 Å². The number of rotatable bonds is 10. The summed E-state index contributed by atoms with van der Waals surface area (Å²) in [5.74, 6) is -4.96.